The molecule has 512 valence electrons. The number of primary amides is 2. The number of amides is 10. The summed E-state index contributed by atoms with van der Waals surface area (Å²) in [6.07, 6.45) is 13.3. The van der Waals surface area contributed by atoms with Crippen molar-refractivity contribution in [2.45, 2.75) is 235 Å². The summed E-state index contributed by atoms with van der Waals surface area (Å²) in [5, 5.41) is 11.5. The molecule has 0 aromatic rings. The number of aliphatic imine (C=N–C) groups is 1. The first-order valence-electron chi connectivity index (χ1n) is 33.2. The van der Waals surface area contributed by atoms with Crippen molar-refractivity contribution in [2.75, 3.05) is 39.3 Å². The Bertz CT molecular complexity index is 2750. The Morgan fingerprint density at radius 1 is 0.593 bits per heavy atom. The van der Waals surface area contributed by atoms with E-state index in [0.29, 0.717) is 64.3 Å². The molecule has 4 aliphatic heterocycles. The fourth-order valence-electron chi connectivity index (χ4n) is 14.2. The van der Waals surface area contributed by atoms with Crippen molar-refractivity contribution in [3.63, 3.8) is 0 Å². The van der Waals surface area contributed by atoms with Crippen molar-refractivity contribution < 1.29 is 57.5 Å². The quantitative estimate of drug-likeness (QED) is 0.0427. The van der Waals surface area contributed by atoms with E-state index in [4.69, 9.17) is 17.2 Å². The number of nitrogens with two attached hydrogens (primary N) is 3. The standard InChI is InChI=1S/C33H54N6O6.C22H36N4O4.C11H18N2O2.ClH/c1-18(2)22(17-38-14-9-8-13-23(38)40)36-31(45)37-27(32(3,4)5)30(44)39-16-20-24(33(20,6)7)25(39)29(43)35-21(26(41)28(34)42)15-19-11-10-12-19;1-21(2,3)17(23)20(30)26-10-12-14(22(12,4)5)15(26)19(29)25-13(16(27)18(24)28)9-11-7-6-8-11;1-9(2)10(12-8-14)7-13-6-4-3-5-11(13)15;/h18-22,24-25,27H,8-17H2,1-7H3,(H2,34,42)(H,35,43)(H2,36,37,45);11-15,17H,6-10,23H2,1-5H3,(H2,24,28)(H,25,29);9-10H,3-7H2,1-2H3;1H/t20-,21?,22+,24-,25?,27+;12-,13?,14-,15?,17+;10-;/m001./s1. The third-order valence-electron chi connectivity index (χ3n) is 21.2. The lowest BCUT2D eigenvalue weighted by atomic mass is 9.80. The van der Waals surface area contributed by atoms with Gasteiger partial charge >= 0.3 is 6.03 Å². The van der Waals surface area contributed by atoms with Crippen LogP contribution in [-0.2, 0) is 52.7 Å². The number of carbonyl (C=O) groups excluding carboxylic acids is 12. The summed E-state index contributed by atoms with van der Waals surface area (Å²) in [5.41, 5.74) is 15.4. The van der Waals surface area contributed by atoms with Crippen LogP contribution in [0.5, 0.6) is 0 Å². The van der Waals surface area contributed by atoms with E-state index in [0.717, 1.165) is 70.8 Å². The van der Waals surface area contributed by atoms with E-state index in [1.807, 2.05) is 74.1 Å². The number of Topliss-reactive ketones (excluding diaryl/α,β-unsaturated/α-hetero) is 2. The molecule has 91 heavy (non-hydrogen) atoms. The average molecular weight is 1300 g/mol. The van der Waals surface area contributed by atoms with Crippen LogP contribution in [0, 0.1) is 69.0 Å². The highest BCUT2D eigenvalue weighted by molar-refractivity contribution is 6.38. The maximum atomic E-state index is 14.3. The zero-order valence-corrected chi connectivity index (χ0v) is 57.5. The first-order chi connectivity index (χ1) is 41.8. The summed E-state index contributed by atoms with van der Waals surface area (Å²) in [6.45, 7) is 30.8. The molecule has 4 saturated heterocycles. The number of nitrogens with one attached hydrogen (secondary N) is 4. The molecular weight excluding hydrogens is 1190 g/mol. The molecule has 8 aliphatic rings. The molecule has 0 aromatic carbocycles. The van der Waals surface area contributed by atoms with Crippen LogP contribution in [-0.4, -0.2) is 178 Å². The van der Waals surface area contributed by atoms with Gasteiger partial charge < -0.3 is 58.1 Å². The molecule has 4 unspecified atom stereocenters. The molecule has 8 rings (SSSR count). The van der Waals surface area contributed by atoms with Crippen molar-refractivity contribution in [1.29, 1.82) is 0 Å². The Balaban J connectivity index is 0.000000280. The SMILES string of the molecule is CC(C)(C)[C@H](N)C(=O)N1C[C@H]2[C@@H](C1C(=O)NC(CC1CCC1)C(=O)C(N)=O)C2(C)C.CC(C)[C@@H](CN1CCCCC1=O)N=C=O.CC(C)[C@@H](CN1CCCCC1=O)NC(=O)N[C@H](C(=O)N1C[C@H]2[C@@H](C1C(=O)NC(CC1CCC1)C(=O)C(N)=O)C2(C)C)C(C)(C)C.Cl. The summed E-state index contributed by atoms with van der Waals surface area (Å²) in [6, 6.07) is -6.09. The van der Waals surface area contributed by atoms with Gasteiger partial charge in [0.2, 0.25) is 53.1 Å². The molecule has 0 bridgehead atoms. The Kier molecular flexibility index (Phi) is 25.7. The van der Waals surface area contributed by atoms with Crippen LogP contribution >= 0.6 is 12.4 Å². The summed E-state index contributed by atoms with van der Waals surface area (Å²) in [7, 11) is 0. The number of halogens is 1. The van der Waals surface area contributed by atoms with Crippen molar-refractivity contribution in [3.05, 3.63) is 0 Å². The van der Waals surface area contributed by atoms with Crippen LogP contribution in [0.25, 0.3) is 0 Å². The Morgan fingerprint density at radius 3 is 1.35 bits per heavy atom. The van der Waals surface area contributed by atoms with Crippen LogP contribution in [0.3, 0.4) is 0 Å². The number of urea groups is 1. The topological polar surface area (TPSA) is 356 Å². The van der Waals surface area contributed by atoms with E-state index >= 15 is 0 Å². The molecule has 0 spiro atoms. The van der Waals surface area contributed by atoms with Crippen LogP contribution in [0.15, 0.2) is 4.99 Å². The van der Waals surface area contributed by atoms with Crippen molar-refractivity contribution in [2.24, 2.45) is 91.2 Å². The molecule has 25 heteroatoms. The van der Waals surface area contributed by atoms with Gasteiger partial charge in [0, 0.05) is 52.1 Å². The maximum Gasteiger partial charge on any atom is 0.315 e. The molecule has 10 amide bonds. The summed E-state index contributed by atoms with van der Waals surface area (Å²) >= 11 is 0. The highest BCUT2D eigenvalue weighted by Gasteiger charge is 2.71. The molecule has 4 heterocycles. The van der Waals surface area contributed by atoms with Gasteiger partial charge in [-0.25, -0.2) is 14.6 Å². The molecule has 0 aromatic heterocycles. The van der Waals surface area contributed by atoms with Gasteiger partial charge in [-0.3, -0.25) is 47.9 Å². The molecule has 12 atom stereocenters. The average Bonchev–Trinajstić information content (AvgIpc) is 1.54. The second kappa shape index (κ2) is 30.8. The molecule has 0 radical (unpaired) electrons. The lowest BCUT2D eigenvalue weighted by Gasteiger charge is -2.38. The van der Waals surface area contributed by atoms with Gasteiger partial charge in [0.25, 0.3) is 11.8 Å². The molecule has 4 saturated carbocycles. The molecule has 4 aliphatic carbocycles. The van der Waals surface area contributed by atoms with E-state index in [1.165, 1.54) is 0 Å². The van der Waals surface area contributed by atoms with Crippen molar-refractivity contribution >= 4 is 83.3 Å². The minimum absolute atomic E-state index is 0. The first kappa shape index (κ1) is 75.7. The fraction of sp³-hybridized carbons (Fsp3) is 0.818. The zero-order valence-electron chi connectivity index (χ0n) is 56.7. The number of piperidine rings is 4. The largest absolute Gasteiger partial charge is 0.363 e. The molecular formula is C66H109ClN12O12. The van der Waals surface area contributed by atoms with Gasteiger partial charge in [-0.05, 0) is 108 Å². The van der Waals surface area contributed by atoms with E-state index in [1.54, 1.807) is 20.8 Å². The van der Waals surface area contributed by atoms with Crippen LogP contribution in [0.4, 0.5) is 4.79 Å². The third-order valence-corrected chi connectivity index (χ3v) is 21.2. The van der Waals surface area contributed by atoms with Crippen LogP contribution < -0.4 is 38.5 Å². The lowest BCUT2D eigenvalue weighted by Crippen LogP contribution is -2.62. The van der Waals surface area contributed by atoms with Crippen molar-refractivity contribution in [1.82, 2.24) is 40.9 Å². The molecule has 24 nitrogen and oxygen atoms in total. The monoisotopic (exact) mass is 1300 g/mol. The second-order valence-electron chi connectivity index (χ2n) is 31.2. The van der Waals surface area contributed by atoms with Gasteiger partial charge in [0.1, 0.15) is 18.1 Å². The molecule has 10 N–H and O–H groups in total. The summed E-state index contributed by atoms with van der Waals surface area (Å²) < 4.78 is 0. The number of rotatable bonds is 23. The highest BCUT2D eigenvalue weighted by atomic mass is 35.5. The molecule has 8 fully saturated rings. The van der Waals surface area contributed by atoms with Gasteiger partial charge in [0.05, 0.1) is 30.2 Å². The number of hydrogen-bond donors (Lipinski definition) is 7. The van der Waals surface area contributed by atoms with Crippen LogP contribution in [0.2, 0.25) is 0 Å². The predicted octanol–water partition coefficient (Wildman–Crippen LogP) is 4.30. The Labute approximate surface area is 545 Å². The highest BCUT2D eigenvalue weighted by Crippen LogP contribution is 2.66. The number of isocyanates is 1. The summed E-state index contributed by atoms with van der Waals surface area (Å²) in [4.78, 5) is 161. The van der Waals surface area contributed by atoms with Gasteiger partial charge in [0.15, 0.2) is 0 Å². The van der Waals surface area contributed by atoms with E-state index in [-0.39, 0.29) is 106 Å². The van der Waals surface area contributed by atoms with Gasteiger partial charge in [-0.15, -0.1) is 12.4 Å². The lowest BCUT2D eigenvalue weighted by molar-refractivity contribution is -0.145. The fourth-order valence-corrected chi connectivity index (χ4v) is 14.2. The summed E-state index contributed by atoms with van der Waals surface area (Å²) in [5.74, 6) is -3.86. The first-order valence-corrected chi connectivity index (χ1v) is 33.2. The number of nitrogens with zero attached hydrogens (tertiary/aromatic N) is 5. The zero-order chi connectivity index (χ0) is 67.3. The Hall–Kier alpha value is -6.00. The number of fused-ring (bicyclic) bond motifs is 2. The van der Waals surface area contributed by atoms with E-state index in [9.17, 15) is 57.5 Å². The minimum Gasteiger partial charge on any atom is -0.363 e. The van der Waals surface area contributed by atoms with E-state index < -0.39 is 82.4 Å². The van der Waals surface area contributed by atoms with Crippen LogP contribution in [0.1, 0.15) is 187 Å². The van der Waals surface area contributed by atoms with Gasteiger partial charge in [-0.1, -0.05) is 135 Å². The van der Waals surface area contributed by atoms with Gasteiger partial charge in [-0.2, -0.15) is 0 Å². The number of likely N-dealkylation sites (tertiary alicyclic amines) is 4. The van der Waals surface area contributed by atoms with Crippen molar-refractivity contribution in [3.8, 4) is 0 Å². The number of hydrogen-bond acceptors (Lipinski definition) is 14. The third kappa shape index (κ3) is 18.4. The maximum absolute atomic E-state index is 14.3. The number of ketones is 2. The second-order valence-corrected chi connectivity index (χ2v) is 31.2. The van der Waals surface area contributed by atoms with E-state index in [2.05, 4.69) is 54.0 Å². The normalized spacial score (nSPS) is 25.8. The number of carbonyl (C=O) groups is 11. The predicted molar refractivity (Wildman–Crippen MR) is 345 cm³/mol. The minimum atomic E-state index is -1.09. The Morgan fingerprint density at radius 2 is 1.01 bits per heavy atom. The smallest absolute Gasteiger partial charge is 0.315 e.